The molecule has 2 aromatic heterocycles. The number of anilines is 1. The van der Waals surface area contributed by atoms with Crippen molar-refractivity contribution in [3.05, 3.63) is 92.2 Å². The molecule has 218 valence electrons. The summed E-state index contributed by atoms with van der Waals surface area (Å²) in [6.45, 7) is 2.79. The molecule has 1 aromatic carbocycles. The number of carbonyl (C=O) groups is 1. The van der Waals surface area contributed by atoms with Crippen molar-refractivity contribution in [3.63, 3.8) is 0 Å². The molecule has 0 saturated carbocycles. The molecule has 2 atom stereocenters. The minimum absolute atomic E-state index is 0.0517. The van der Waals surface area contributed by atoms with Crippen molar-refractivity contribution in [3.8, 4) is 5.69 Å². The molecule has 41 heavy (non-hydrogen) atoms. The standard InChI is InChI=1S/C28H34N6O7/c1-19-26(28(37)33(32(19)2)21-8-4-3-5-9-21)20-16-23(41-25(17-20)40-15-7-6-14-35)27(36)30-13-12-29-24-11-10-22(18-31-24)34(38)39/h3-5,8-11,16,18,20,25,35H,6-7,12-15,17H2,1-2H3,(H,29,31)(H,30,36). The number of hydrogen-bond acceptors (Lipinski definition) is 9. The van der Waals surface area contributed by atoms with Gasteiger partial charge >= 0.3 is 0 Å². The molecule has 2 unspecified atom stereocenters. The van der Waals surface area contributed by atoms with Gasteiger partial charge in [0.25, 0.3) is 17.2 Å². The fourth-order valence-corrected chi connectivity index (χ4v) is 4.62. The molecule has 13 nitrogen and oxygen atoms in total. The zero-order valence-corrected chi connectivity index (χ0v) is 23.0. The number of nitro groups is 1. The normalized spacial score (nSPS) is 16.5. The van der Waals surface area contributed by atoms with Gasteiger partial charge in [-0.25, -0.2) is 9.67 Å². The summed E-state index contributed by atoms with van der Waals surface area (Å²) in [5, 5.41) is 25.6. The maximum Gasteiger partial charge on any atom is 0.287 e. The molecule has 3 heterocycles. The van der Waals surface area contributed by atoms with Crippen LogP contribution in [-0.4, -0.2) is 62.9 Å². The number of aliphatic hydroxyl groups excluding tert-OH is 1. The summed E-state index contributed by atoms with van der Waals surface area (Å²) in [5.74, 6) is -0.410. The summed E-state index contributed by atoms with van der Waals surface area (Å²) in [6, 6.07) is 12.2. The Morgan fingerprint density at radius 2 is 2.00 bits per heavy atom. The molecule has 3 aromatic rings. The Morgan fingerprint density at radius 3 is 2.68 bits per heavy atom. The average Bonchev–Trinajstić information content (AvgIpc) is 3.20. The topological polar surface area (TPSA) is 163 Å². The fourth-order valence-electron chi connectivity index (χ4n) is 4.62. The van der Waals surface area contributed by atoms with E-state index in [4.69, 9.17) is 14.6 Å². The van der Waals surface area contributed by atoms with Gasteiger partial charge in [0.05, 0.1) is 17.2 Å². The number of hydrogen-bond donors (Lipinski definition) is 3. The van der Waals surface area contributed by atoms with Crippen LogP contribution in [0.15, 0.2) is 65.3 Å². The minimum atomic E-state index is -0.754. The van der Waals surface area contributed by atoms with E-state index >= 15 is 0 Å². The molecule has 0 fully saturated rings. The van der Waals surface area contributed by atoms with Crippen molar-refractivity contribution in [1.82, 2.24) is 19.7 Å². The third kappa shape index (κ3) is 7.18. The highest BCUT2D eigenvalue weighted by molar-refractivity contribution is 5.91. The number of carbonyl (C=O) groups excluding carboxylic acids is 1. The summed E-state index contributed by atoms with van der Waals surface area (Å²) in [4.78, 5) is 41.0. The minimum Gasteiger partial charge on any atom is -0.459 e. The molecule has 3 N–H and O–H groups in total. The zero-order chi connectivity index (χ0) is 29.4. The second-order valence-corrected chi connectivity index (χ2v) is 9.54. The van der Waals surface area contributed by atoms with Crippen LogP contribution in [0.25, 0.3) is 5.69 Å². The van der Waals surface area contributed by atoms with Gasteiger partial charge in [0, 0.05) is 56.4 Å². The van der Waals surface area contributed by atoms with Crippen molar-refractivity contribution >= 4 is 17.4 Å². The molecule has 0 radical (unpaired) electrons. The zero-order valence-electron chi connectivity index (χ0n) is 23.0. The molecule has 0 spiro atoms. The quantitative estimate of drug-likeness (QED) is 0.160. The first-order chi connectivity index (χ1) is 19.8. The first-order valence-electron chi connectivity index (χ1n) is 13.4. The number of nitrogens with one attached hydrogen (secondary N) is 2. The predicted octanol–water partition coefficient (Wildman–Crippen LogP) is 2.52. The molecule has 4 rings (SSSR count). The number of unbranched alkanes of at least 4 members (excludes halogenated alkanes) is 1. The molecule has 0 aliphatic carbocycles. The SMILES string of the molecule is Cc1c(C2C=C(C(=O)NCCNc3ccc([N+](=O)[O-])cn3)OC(OCCCCO)C2)c(=O)n(-c2ccccc2)n1C. The Kier molecular flexibility index (Phi) is 9.87. The monoisotopic (exact) mass is 566 g/mol. The van der Waals surface area contributed by atoms with E-state index in [-0.39, 0.29) is 30.2 Å². The molecule has 1 aliphatic heterocycles. The highest BCUT2D eigenvalue weighted by atomic mass is 16.7. The number of aromatic nitrogens is 3. The van der Waals surface area contributed by atoms with Gasteiger partial charge in [0.15, 0.2) is 5.76 Å². The van der Waals surface area contributed by atoms with E-state index in [1.807, 2.05) is 44.3 Å². The van der Waals surface area contributed by atoms with Crippen LogP contribution in [0.5, 0.6) is 0 Å². The Balaban J connectivity index is 1.49. The Bertz CT molecular complexity index is 1430. The molecule has 0 saturated heterocycles. The Hall–Kier alpha value is -4.49. The lowest BCUT2D eigenvalue weighted by Gasteiger charge is -2.29. The number of pyridine rings is 1. The van der Waals surface area contributed by atoms with E-state index in [0.717, 1.165) is 17.6 Å². The van der Waals surface area contributed by atoms with E-state index in [1.54, 1.807) is 15.4 Å². The molecular formula is C28H34N6O7. The Labute approximate surface area is 236 Å². The van der Waals surface area contributed by atoms with Gasteiger partial charge in [-0.1, -0.05) is 18.2 Å². The maximum absolute atomic E-state index is 13.6. The van der Waals surface area contributed by atoms with Crippen LogP contribution in [-0.2, 0) is 21.3 Å². The average molecular weight is 567 g/mol. The van der Waals surface area contributed by atoms with E-state index in [9.17, 15) is 19.7 Å². The van der Waals surface area contributed by atoms with Crippen molar-refractivity contribution in [1.29, 1.82) is 0 Å². The first-order valence-corrected chi connectivity index (χ1v) is 13.4. The number of allylic oxidation sites excluding steroid dienone is 1. The number of rotatable bonds is 13. The van der Waals surface area contributed by atoms with Gasteiger partial charge in [-0.3, -0.25) is 24.4 Å². The van der Waals surface area contributed by atoms with Gasteiger partial charge in [0.2, 0.25) is 6.29 Å². The van der Waals surface area contributed by atoms with Crippen molar-refractivity contribution in [2.45, 2.75) is 38.4 Å². The van der Waals surface area contributed by atoms with Gasteiger partial charge in [-0.05, 0) is 44.0 Å². The van der Waals surface area contributed by atoms with Crippen LogP contribution in [0.1, 0.15) is 36.4 Å². The lowest BCUT2D eigenvalue weighted by molar-refractivity contribution is -0.385. The van der Waals surface area contributed by atoms with E-state index in [2.05, 4.69) is 15.6 Å². The van der Waals surface area contributed by atoms with E-state index in [1.165, 1.54) is 12.1 Å². The lowest BCUT2D eigenvalue weighted by atomic mass is 9.93. The van der Waals surface area contributed by atoms with Gasteiger partial charge < -0.3 is 25.2 Å². The van der Waals surface area contributed by atoms with Gasteiger partial charge in [-0.2, -0.15) is 0 Å². The summed E-state index contributed by atoms with van der Waals surface area (Å²) in [5.41, 5.74) is 1.76. The smallest absolute Gasteiger partial charge is 0.287 e. The number of para-hydroxylation sites is 1. The molecule has 1 aliphatic rings. The second kappa shape index (κ2) is 13.7. The maximum atomic E-state index is 13.6. The summed E-state index contributed by atoms with van der Waals surface area (Å²) in [7, 11) is 1.82. The van der Waals surface area contributed by atoms with Crippen LogP contribution in [0.4, 0.5) is 11.5 Å². The number of amides is 1. The van der Waals surface area contributed by atoms with Crippen LogP contribution in [0, 0.1) is 17.0 Å². The van der Waals surface area contributed by atoms with Crippen molar-refractivity contribution in [2.24, 2.45) is 7.05 Å². The molecule has 1 amide bonds. The third-order valence-corrected chi connectivity index (χ3v) is 6.78. The number of benzene rings is 1. The van der Waals surface area contributed by atoms with Crippen molar-refractivity contribution in [2.75, 3.05) is 31.6 Å². The summed E-state index contributed by atoms with van der Waals surface area (Å²) >= 11 is 0. The second-order valence-electron chi connectivity index (χ2n) is 9.54. The first kappa shape index (κ1) is 29.5. The molecule has 0 bridgehead atoms. The van der Waals surface area contributed by atoms with Crippen LogP contribution in [0.3, 0.4) is 0 Å². The predicted molar refractivity (Wildman–Crippen MR) is 151 cm³/mol. The van der Waals surface area contributed by atoms with E-state index < -0.39 is 23.0 Å². The number of nitrogens with zero attached hydrogens (tertiary/aromatic N) is 4. The number of aliphatic hydroxyl groups is 1. The molecule has 13 heteroatoms. The highest BCUT2D eigenvalue weighted by Crippen LogP contribution is 2.32. The van der Waals surface area contributed by atoms with Gasteiger partial charge in [0.1, 0.15) is 12.0 Å². The largest absolute Gasteiger partial charge is 0.459 e. The van der Waals surface area contributed by atoms with Crippen LogP contribution in [0.2, 0.25) is 0 Å². The lowest BCUT2D eigenvalue weighted by Crippen LogP contribution is -2.35. The van der Waals surface area contributed by atoms with E-state index in [0.29, 0.717) is 43.8 Å². The molecular weight excluding hydrogens is 532 g/mol. The van der Waals surface area contributed by atoms with Gasteiger partial charge in [-0.15, -0.1) is 0 Å². The highest BCUT2D eigenvalue weighted by Gasteiger charge is 2.32. The van der Waals surface area contributed by atoms with Crippen LogP contribution >= 0.6 is 0 Å². The number of ether oxygens (including phenoxy) is 2. The Morgan fingerprint density at radius 1 is 1.22 bits per heavy atom. The summed E-state index contributed by atoms with van der Waals surface area (Å²) < 4.78 is 15.2. The third-order valence-electron chi connectivity index (χ3n) is 6.78. The van der Waals surface area contributed by atoms with Crippen LogP contribution < -0.4 is 16.2 Å². The van der Waals surface area contributed by atoms with Crippen molar-refractivity contribution < 1.29 is 24.3 Å². The fraction of sp³-hybridized carbons (Fsp3) is 0.393. The summed E-state index contributed by atoms with van der Waals surface area (Å²) in [6.07, 6.45) is 3.61.